The lowest BCUT2D eigenvalue weighted by atomic mass is 9.82. The van der Waals surface area contributed by atoms with Crippen molar-refractivity contribution in [1.29, 1.82) is 0 Å². The minimum atomic E-state index is -0.480. The van der Waals surface area contributed by atoms with Gasteiger partial charge in [0, 0.05) is 0 Å². The number of hydrogen-bond donors (Lipinski definition) is 0. The van der Waals surface area contributed by atoms with Crippen LogP contribution >= 0.6 is 22.6 Å². The van der Waals surface area contributed by atoms with Crippen LogP contribution < -0.4 is 0 Å². The first-order valence-electron chi connectivity index (χ1n) is 7.85. The van der Waals surface area contributed by atoms with Crippen molar-refractivity contribution >= 4 is 22.6 Å². The Morgan fingerprint density at radius 1 is 1.13 bits per heavy atom. The molecule has 23 heavy (non-hydrogen) atoms. The predicted octanol–water partition coefficient (Wildman–Crippen LogP) is 4.87. The molecular formula is C19H21FINO. The molecule has 0 amide bonds. The van der Waals surface area contributed by atoms with Gasteiger partial charge in [0.05, 0.1) is 0 Å². The molecule has 0 aliphatic carbocycles. The molecule has 2 aromatic carbocycles. The zero-order valence-corrected chi connectivity index (χ0v) is 15.6. The minimum absolute atomic E-state index is 0.0215. The summed E-state index contributed by atoms with van der Waals surface area (Å²) in [4.78, 5) is 2.18. The molecule has 4 heteroatoms. The highest BCUT2D eigenvalue weighted by Crippen LogP contribution is 2.52. The Bertz CT molecular complexity index is 673. The van der Waals surface area contributed by atoms with E-state index in [4.69, 9.17) is 4.74 Å². The third-order valence-corrected chi connectivity index (χ3v) is 5.31. The number of ether oxygens (including phenoxy) is 1. The normalized spacial score (nSPS) is 23.3. The van der Waals surface area contributed by atoms with Crippen molar-refractivity contribution in [3.63, 3.8) is 0 Å². The first-order chi connectivity index (χ1) is 11.0. The molecule has 0 spiro atoms. The molecule has 0 aromatic heterocycles. The van der Waals surface area contributed by atoms with Gasteiger partial charge in [-0.2, -0.15) is 0 Å². The molecule has 2 unspecified atom stereocenters. The van der Waals surface area contributed by atoms with Gasteiger partial charge in [0.2, 0.25) is 0 Å². The third kappa shape index (κ3) is 3.30. The third-order valence-electron chi connectivity index (χ3n) is 4.39. The smallest absolute Gasteiger partial charge is 0.135 e. The lowest BCUT2D eigenvalue weighted by Crippen LogP contribution is -2.28. The van der Waals surface area contributed by atoms with Gasteiger partial charge in [-0.1, -0.05) is 36.4 Å². The van der Waals surface area contributed by atoms with E-state index in [2.05, 4.69) is 65.9 Å². The van der Waals surface area contributed by atoms with E-state index in [1.165, 1.54) is 23.3 Å². The number of benzene rings is 2. The summed E-state index contributed by atoms with van der Waals surface area (Å²) in [5.74, 6) is -0.213. The molecule has 1 aliphatic heterocycles. The average molecular weight is 425 g/mol. The maximum Gasteiger partial charge on any atom is 0.135 e. The summed E-state index contributed by atoms with van der Waals surface area (Å²) in [6.07, 6.45) is 1.90. The number of halogens is 2. The fourth-order valence-electron chi connectivity index (χ4n) is 3.29. The molecule has 0 saturated carbocycles. The van der Waals surface area contributed by atoms with Crippen LogP contribution in [0.5, 0.6) is 0 Å². The predicted molar refractivity (Wildman–Crippen MR) is 99.3 cm³/mol. The van der Waals surface area contributed by atoms with Crippen molar-refractivity contribution in [2.75, 3.05) is 20.6 Å². The van der Waals surface area contributed by atoms with E-state index in [-0.39, 0.29) is 9.93 Å². The largest absolute Gasteiger partial charge is 0.347 e. The van der Waals surface area contributed by atoms with Crippen LogP contribution in [0.3, 0.4) is 0 Å². The Hall–Kier alpha value is -0.980. The second kappa shape index (κ2) is 6.87. The van der Waals surface area contributed by atoms with Crippen LogP contribution in [0.4, 0.5) is 4.39 Å². The topological polar surface area (TPSA) is 12.5 Å². The molecule has 1 aliphatic rings. The van der Waals surface area contributed by atoms with E-state index >= 15 is 0 Å². The van der Waals surface area contributed by atoms with Gasteiger partial charge >= 0.3 is 0 Å². The monoisotopic (exact) mass is 425 g/mol. The van der Waals surface area contributed by atoms with Crippen LogP contribution in [-0.2, 0) is 10.3 Å². The highest BCUT2D eigenvalue weighted by atomic mass is 127. The standard InChI is InChI=1S/C19H21FINO/c1-22(2)13-5-12-19(14-8-10-15(20)11-9-14)17-7-4-3-6-16(17)18(21)23-19/h3-4,6-11,18H,5,12-13H2,1-2H3. The van der Waals surface area contributed by atoms with Gasteiger partial charge in [-0.25, -0.2) is 4.39 Å². The molecule has 0 radical (unpaired) electrons. The Balaban J connectivity index is 2.03. The molecular weight excluding hydrogens is 404 g/mol. The lowest BCUT2D eigenvalue weighted by Gasteiger charge is -2.31. The van der Waals surface area contributed by atoms with Crippen molar-refractivity contribution in [3.8, 4) is 0 Å². The Morgan fingerprint density at radius 3 is 2.52 bits per heavy atom. The number of nitrogens with zero attached hydrogens (tertiary/aromatic N) is 1. The summed E-state index contributed by atoms with van der Waals surface area (Å²) in [5, 5.41) is 0. The van der Waals surface area contributed by atoms with Crippen LogP contribution in [0, 0.1) is 5.82 Å². The van der Waals surface area contributed by atoms with Gasteiger partial charge in [0.1, 0.15) is 15.5 Å². The number of fused-ring (bicyclic) bond motifs is 1. The zero-order valence-electron chi connectivity index (χ0n) is 13.4. The quantitative estimate of drug-likeness (QED) is 0.501. The van der Waals surface area contributed by atoms with Gasteiger partial charge in [0.15, 0.2) is 0 Å². The van der Waals surface area contributed by atoms with E-state index in [1.807, 2.05) is 12.1 Å². The van der Waals surface area contributed by atoms with Gasteiger partial charge in [0.25, 0.3) is 0 Å². The van der Waals surface area contributed by atoms with E-state index in [0.717, 1.165) is 24.9 Å². The molecule has 3 rings (SSSR count). The van der Waals surface area contributed by atoms with Crippen molar-refractivity contribution in [2.24, 2.45) is 0 Å². The number of alkyl halides is 1. The minimum Gasteiger partial charge on any atom is -0.347 e. The molecule has 0 N–H and O–H groups in total. The van der Waals surface area contributed by atoms with E-state index in [0.29, 0.717) is 0 Å². The molecule has 122 valence electrons. The van der Waals surface area contributed by atoms with Crippen molar-refractivity contribution in [2.45, 2.75) is 22.6 Å². The van der Waals surface area contributed by atoms with E-state index in [1.54, 1.807) is 0 Å². The summed E-state index contributed by atoms with van der Waals surface area (Å²) in [6, 6.07) is 15.1. The van der Waals surface area contributed by atoms with Gasteiger partial charge in [-0.3, -0.25) is 0 Å². The van der Waals surface area contributed by atoms with Crippen molar-refractivity contribution < 1.29 is 9.13 Å². The van der Waals surface area contributed by atoms with E-state index in [9.17, 15) is 4.39 Å². The maximum absolute atomic E-state index is 13.4. The zero-order chi connectivity index (χ0) is 16.4. The summed E-state index contributed by atoms with van der Waals surface area (Å²) in [7, 11) is 4.16. The average Bonchev–Trinajstić information content (AvgIpc) is 2.82. The molecule has 0 bridgehead atoms. The Morgan fingerprint density at radius 2 is 1.83 bits per heavy atom. The molecule has 0 saturated heterocycles. The Labute approximate surface area is 150 Å². The summed E-state index contributed by atoms with van der Waals surface area (Å²) < 4.78 is 19.9. The van der Waals surface area contributed by atoms with Crippen molar-refractivity contribution in [3.05, 3.63) is 71.0 Å². The van der Waals surface area contributed by atoms with Gasteiger partial charge < -0.3 is 9.64 Å². The molecule has 1 heterocycles. The first-order valence-corrected chi connectivity index (χ1v) is 9.09. The van der Waals surface area contributed by atoms with Crippen molar-refractivity contribution in [1.82, 2.24) is 4.90 Å². The summed E-state index contributed by atoms with van der Waals surface area (Å²) in [5.41, 5.74) is 2.99. The highest BCUT2D eigenvalue weighted by molar-refractivity contribution is 14.1. The second-order valence-corrected chi connectivity index (χ2v) is 7.39. The molecule has 2 atom stereocenters. The fourth-order valence-corrected chi connectivity index (χ4v) is 4.27. The summed E-state index contributed by atoms with van der Waals surface area (Å²) in [6.45, 7) is 1.00. The first kappa shape index (κ1) is 16.9. The molecule has 2 aromatic rings. The van der Waals surface area contributed by atoms with Crippen LogP contribution in [0.25, 0.3) is 0 Å². The van der Waals surface area contributed by atoms with Crippen LogP contribution in [-0.4, -0.2) is 25.5 Å². The highest BCUT2D eigenvalue weighted by Gasteiger charge is 2.44. The SMILES string of the molecule is CN(C)CCCC1(c2ccc(F)cc2)OC(I)c2ccccc21. The number of rotatable bonds is 5. The molecule has 0 fully saturated rings. The maximum atomic E-state index is 13.4. The van der Waals surface area contributed by atoms with Crippen LogP contribution in [0.1, 0.15) is 33.6 Å². The summed E-state index contributed by atoms with van der Waals surface area (Å²) >= 11 is 2.34. The number of hydrogen-bond acceptors (Lipinski definition) is 2. The van der Waals surface area contributed by atoms with E-state index < -0.39 is 5.60 Å². The fraction of sp³-hybridized carbons (Fsp3) is 0.368. The van der Waals surface area contributed by atoms with Gasteiger partial charge in [-0.15, -0.1) is 0 Å². The van der Waals surface area contributed by atoms with Crippen LogP contribution in [0.2, 0.25) is 0 Å². The Kier molecular flexibility index (Phi) is 5.04. The lowest BCUT2D eigenvalue weighted by molar-refractivity contribution is -0.0117. The van der Waals surface area contributed by atoms with Gasteiger partial charge in [-0.05, 0) is 84.9 Å². The second-order valence-electron chi connectivity index (χ2n) is 6.26. The van der Waals surface area contributed by atoms with Crippen LogP contribution in [0.15, 0.2) is 48.5 Å². The molecule has 2 nitrogen and oxygen atoms in total.